The van der Waals surface area contributed by atoms with Gasteiger partial charge in [-0.1, -0.05) is 42.0 Å². The van der Waals surface area contributed by atoms with E-state index >= 15 is 0 Å². The summed E-state index contributed by atoms with van der Waals surface area (Å²) in [6.45, 7) is 0. The standard InChI is InChI=1S/C20H18/c1-3-7-15-13(5-1)11-19-17(15)9-10-18-16-8-4-2-6-14(16)12-20(18)19/h1,4-5,8-10H,2-3,6-7,11-12H2. The van der Waals surface area contributed by atoms with E-state index in [1.807, 2.05) is 0 Å². The van der Waals surface area contributed by atoms with E-state index in [-0.39, 0.29) is 0 Å². The average molecular weight is 258 g/mol. The SMILES string of the molecule is C1=CC2=C(CC1)Cc1c2ccc2c1CC1=C2CCC=C1. The molecule has 4 aliphatic rings. The summed E-state index contributed by atoms with van der Waals surface area (Å²) >= 11 is 0. The van der Waals surface area contributed by atoms with E-state index in [0.717, 1.165) is 0 Å². The summed E-state index contributed by atoms with van der Waals surface area (Å²) in [6.07, 6.45) is 16.8. The molecule has 0 N–H and O–H groups in total. The van der Waals surface area contributed by atoms with Crippen molar-refractivity contribution < 1.29 is 0 Å². The Hall–Kier alpha value is -1.82. The van der Waals surface area contributed by atoms with Gasteiger partial charge in [-0.05, 0) is 77.5 Å². The molecule has 0 heteroatoms. The third-order valence-electron chi connectivity index (χ3n) is 5.35. The van der Waals surface area contributed by atoms with Crippen molar-refractivity contribution >= 4 is 11.1 Å². The van der Waals surface area contributed by atoms with Gasteiger partial charge in [-0.25, -0.2) is 0 Å². The largest absolute Gasteiger partial charge is 0.0839 e. The molecule has 0 aliphatic heterocycles. The first-order valence-corrected chi connectivity index (χ1v) is 7.84. The van der Waals surface area contributed by atoms with Crippen molar-refractivity contribution in [3.8, 4) is 0 Å². The van der Waals surface area contributed by atoms with Crippen LogP contribution >= 0.6 is 0 Å². The van der Waals surface area contributed by atoms with Gasteiger partial charge in [0.15, 0.2) is 0 Å². The van der Waals surface area contributed by atoms with E-state index in [1.54, 1.807) is 33.4 Å². The lowest BCUT2D eigenvalue weighted by molar-refractivity contribution is 0.930. The molecule has 1 aromatic rings. The van der Waals surface area contributed by atoms with Crippen LogP contribution in [0.25, 0.3) is 11.1 Å². The van der Waals surface area contributed by atoms with Crippen molar-refractivity contribution in [1.29, 1.82) is 0 Å². The predicted molar refractivity (Wildman–Crippen MR) is 84.4 cm³/mol. The molecular formula is C20H18. The van der Waals surface area contributed by atoms with Crippen molar-refractivity contribution in [2.45, 2.75) is 38.5 Å². The monoisotopic (exact) mass is 258 g/mol. The van der Waals surface area contributed by atoms with Crippen LogP contribution in [0.2, 0.25) is 0 Å². The molecule has 0 fully saturated rings. The van der Waals surface area contributed by atoms with Gasteiger partial charge in [0.1, 0.15) is 0 Å². The van der Waals surface area contributed by atoms with Crippen molar-refractivity contribution in [2.24, 2.45) is 0 Å². The van der Waals surface area contributed by atoms with Gasteiger partial charge in [0.25, 0.3) is 0 Å². The molecule has 5 rings (SSSR count). The van der Waals surface area contributed by atoms with Gasteiger partial charge in [-0.15, -0.1) is 0 Å². The van der Waals surface area contributed by atoms with Crippen LogP contribution in [0.1, 0.15) is 47.9 Å². The summed E-state index contributed by atoms with van der Waals surface area (Å²) in [4.78, 5) is 0. The summed E-state index contributed by atoms with van der Waals surface area (Å²) in [5.74, 6) is 0. The fraction of sp³-hybridized carbons (Fsp3) is 0.300. The first-order valence-electron chi connectivity index (χ1n) is 7.84. The van der Waals surface area contributed by atoms with E-state index in [2.05, 4.69) is 36.4 Å². The fourth-order valence-electron chi connectivity index (χ4n) is 4.40. The Labute approximate surface area is 120 Å². The third kappa shape index (κ3) is 1.32. The number of allylic oxidation sites excluding steroid dienone is 8. The second-order valence-corrected chi connectivity index (χ2v) is 6.37. The number of hydrogen-bond acceptors (Lipinski definition) is 0. The zero-order valence-electron chi connectivity index (χ0n) is 11.7. The highest BCUT2D eigenvalue weighted by Crippen LogP contribution is 2.46. The Morgan fingerprint density at radius 1 is 0.750 bits per heavy atom. The summed E-state index contributed by atoms with van der Waals surface area (Å²) in [5.41, 5.74) is 12.8. The molecule has 0 bridgehead atoms. The lowest BCUT2D eigenvalue weighted by Crippen LogP contribution is -1.95. The van der Waals surface area contributed by atoms with Gasteiger partial charge in [-0.3, -0.25) is 0 Å². The molecule has 1 aromatic carbocycles. The van der Waals surface area contributed by atoms with Crippen LogP contribution in [0.5, 0.6) is 0 Å². The van der Waals surface area contributed by atoms with E-state index in [9.17, 15) is 0 Å². The zero-order valence-corrected chi connectivity index (χ0v) is 11.7. The second-order valence-electron chi connectivity index (χ2n) is 6.37. The van der Waals surface area contributed by atoms with Crippen LogP contribution in [-0.2, 0) is 12.8 Å². The maximum absolute atomic E-state index is 2.40. The van der Waals surface area contributed by atoms with Crippen LogP contribution in [0.3, 0.4) is 0 Å². The van der Waals surface area contributed by atoms with Gasteiger partial charge in [0.2, 0.25) is 0 Å². The molecule has 0 saturated heterocycles. The summed E-state index contributed by atoms with van der Waals surface area (Å²) in [7, 11) is 0. The molecule has 0 spiro atoms. The maximum Gasteiger partial charge on any atom is -0.00138 e. The molecule has 0 nitrogen and oxygen atoms in total. The summed E-state index contributed by atoms with van der Waals surface area (Å²) < 4.78 is 0. The molecule has 4 aliphatic carbocycles. The highest BCUT2D eigenvalue weighted by atomic mass is 14.3. The molecule has 0 atom stereocenters. The van der Waals surface area contributed by atoms with E-state index < -0.39 is 0 Å². The Balaban J connectivity index is 1.67. The third-order valence-corrected chi connectivity index (χ3v) is 5.35. The Morgan fingerprint density at radius 3 is 2.55 bits per heavy atom. The van der Waals surface area contributed by atoms with Gasteiger partial charge >= 0.3 is 0 Å². The number of hydrogen-bond donors (Lipinski definition) is 0. The molecule has 0 aromatic heterocycles. The quantitative estimate of drug-likeness (QED) is 0.614. The minimum absolute atomic E-state index is 1.18. The average Bonchev–Trinajstić information content (AvgIpc) is 3.05. The Morgan fingerprint density at radius 2 is 1.55 bits per heavy atom. The van der Waals surface area contributed by atoms with Gasteiger partial charge in [-0.2, -0.15) is 0 Å². The minimum atomic E-state index is 1.18. The fourth-order valence-corrected chi connectivity index (χ4v) is 4.40. The number of rotatable bonds is 0. The molecular weight excluding hydrogens is 240 g/mol. The smallest absolute Gasteiger partial charge is 0.00138 e. The normalized spacial score (nSPS) is 22.0. The molecule has 98 valence electrons. The van der Waals surface area contributed by atoms with E-state index in [4.69, 9.17) is 0 Å². The van der Waals surface area contributed by atoms with Gasteiger partial charge in [0.05, 0.1) is 0 Å². The van der Waals surface area contributed by atoms with Crippen molar-refractivity contribution in [3.05, 3.63) is 69.8 Å². The van der Waals surface area contributed by atoms with Crippen molar-refractivity contribution in [1.82, 2.24) is 0 Å². The van der Waals surface area contributed by atoms with Crippen LogP contribution in [0.15, 0.2) is 47.6 Å². The molecule has 0 unspecified atom stereocenters. The van der Waals surface area contributed by atoms with E-state index in [1.165, 1.54) is 49.7 Å². The van der Waals surface area contributed by atoms with Crippen LogP contribution in [0, 0.1) is 0 Å². The van der Waals surface area contributed by atoms with E-state index in [0.29, 0.717) is 0 Å². The number of benzene rings is 1. The lowest BCUT2D eigenvalue weighted by Gasteiger charge is -2.11. The molecule has 20 heavy (non-hydrogen) atoms. The van der Waals surface area contributed by atoms with Crippen LogP contribution in [0.4, 0.5) is 0 Å². The second kappa shape index (κ2) is 3.85. The first-order chi connectivity index (χ1) is 9.92. The lowest BCUT2D eigenvalue weighted by atomic mass is 9.93. The molecule has 0 amide bonds. The Bertz CT molecular complexity index is 750. The Kier molecular flexibility index (Phi) is 2.10. The van der Waals surface area contributed by atoms with Crippen LogP contribution in [-0.4, -0.2) is 0 Å². The van der Waals surface area contributed by atoms with Crippen molar-refractivity contribution in [2.75, 3.05) is 0 Å². The first kappa shape index (κ1) is 10.9. The van der Waals surface area contributed by atoms with Gasteiger partial charge in [0, 0.05) is 0 Å². The van der Waals surface area contributed by atoms with Gasteiger partial charge < -0.3 is 0 Å². The molecule has 0 radical (unpaired) electrons. The number of fused-ring (bicyclic) bond motifs is 5. The maximum atomic E-state index is 2.40. The summed E-state index contributed by atoms with van der Waals surface area (Å²) in [5, 5.41) is 0. The zero-order chi connectivity index (χ0) is 13.1. The minimum Gasteiger partial charge on any atom is -0.0839 e. The summed E-state index contributed by atoms with van der Waals surface area (Å²) in [6, 6.07) is 4.79. The predicted octanol–water partition coefficient (Wildman–Crippen LogP) is 5.01. The topological polar surface area (TPSA) is 0 Å². The molecule has 0 saturated carbocycles. The van der Waals surface area contributed by atoms with Crippen LogP contribution < -0.4 is 0 Å². The highest BCUT2D eigenvalue weighted by molar-refractivity contribution is 5.89. The molecule has 0 heterocycles. The highest BCUT2D eigenvalue weighted by Gasteiger charge is 2.29. The van der Waals surface area contributed by atoms with Crippen molar-refractivity contribution in [3.63, 3.8) is 0 Å².